The Morgan fingerprint density at radius 3 is 2.42 bits per heavy atom. The van der Waals surface area contributed by atoms with Crippen molar-refractivity contribution in [2.75, 3.05) is 13.1 Å². The maximum absolute atomic E-state index is 13.7. The van der Waals surface area contributed by atoms with E-state index in [1.165, 1.54) is 17.9 Å². The molecule has 0 unspecified atom stereocenters. The minimum atomic E-state index is -2.75. The average molecular weight is 273 g/mol. The van der Waals surface area contributed by atoms with Crippen LogP contribution in [0.15, 0.2) is 12.1 Å². The predicted octanol–water partition coefficient (Wildman–Crippen LogP) is 2.71. The Morgan fingerprint density at radius 2 is 1.89 bits per heavy atom. The Morgan fingerprint density at radius 1 is 1.32 bits per heavy atom. The fraction of sp³-hybridized carbons (Fsp3) is 0.462. The summed E-state index contributed by atoms with van der Waals surface area (Å²) in [5.74, 6) is -4.46. The summed E-state index contributed by atoms with van der Waals surface area (Å²) in [6.45, 7) is 1.31. The number of nitrogens with zero attached hydrogens (tertiary/aromatic N) is 1. The zero-order valence-corrected chi connectivity index (χ0v) is 10.4. The highest BCUT2D eigenvalue weighted by Gasteiger charge is 2.36. The third kappa shape index (κ3) is 2.83. The molecule has 104 valence electrons. The number of aromatic hydroxyl groups is 1. The van der Waals surface area contributed by atoms with E-state index in [1.54, 1.807) is 0 Å². The van der Waals surface area contributed by atoms with Crippen molar-refractivity contribution in [1.82, 2.24) is 4.90 Å². The molecular formula is C13H14F3NO2. The average Bonchev–Trinajstić information content (AvgIpc) is 2.27. The molecule has 2 rings (SSSR count). The van der Waals surface area contributed by atoms with Crippen LogP contribution in [0.25, 0.3) is 0 Å². The first-order chi connectivity index (χ1) is 8.80. The standard InChI is InChI=1S/C13H14F3NO2/c1-8-6-9(18)7-10(14)11(8)12(19)17-4-2-13(15,16)3-5-17/h6-7,18H,2-5H2,1H3. The Kier molecular flexibility index (Phi) is 3.43. The van der Waals surface area contributed by atoms with E-state index in [0.717, 1.165) is 6.07 Å². The third-order valence-corrected chi connectivity index (χ3v) is 3.27. The number of likely N-dealkylation sites (tertiary alicyclic amines) is 1. The van der Waals surface area contributed by atoms with Crippen LogP contribution in [-0.2, 0) is 0 Å². The van der Waals surface area contributed by atoms with E-state index in [0.29, 0.717) is 5.56 Å². The second-order valence-electron chi connectivity index (χ2n) is 4.77. The normalized spacial score (nSPS) is 18.4. The second-order valence-corrected chi connectivity index (χ2v) is 4.77. The highest BCUT2D eigenvalue weighted by atomic mass is 19.3. The van der Waals surface area contributed by atoms with Gasteiger partial charge in [-0.05, 0) is 18.6 Å². The van der Waals surface area contributed by atoms with Crippen LogP contribution in [0.3, 0.4) is 0 Å². The first kappa shape index (κ1) is 13.7. The third-order valence-electron chi connectivity index (χ3n) is 3.27. The van der Waals surface area contributed by atoms with Crippen LogP contribution in [0.5, 0.6) is 5.75 Å². The molecule has 6 heteroatoms. The number of hydrogen-bond acceptors (Lipinski definition) is 2. The number of piperidine rings is 1. The lowest BCUT2D eigenvalue weighted by Gasteiger charge is -2.32. The SMILES string of the molecule is Cc1cc(O)cc(F)c1C(=O)N1CCC(F)(F)CC1. The molecule has 0 atom stereocenters. The number of carbonyl (C=O) groups excluding carboxylic acids is 1. The van der Waals surface area contributed by atoms with Crippen molar-refractivity contribution in [2.24, 2.45) is 0 Å². The molecule has 3 nitrogen and oxygen atoms in total. The molecule has 0 saturated carbocycles. The minimum Gasteiger partial charge on any atom is -0.508 e. The van der Waals surface area contributed by atoms with Crippen LogP contribution in [0, 0.1) is 12.7 Å². The van der Waals surface area contributed by atoms with Crippen LogP contribution in [0.2, 0.25) is 0 Å². The van der Waals surface area contributed by atoms with E-state index in [-0.39, 0.29) is 24.4 Å². The Bertz CT molecular complexity index is 484. The van der Waals surface area contributed by atoms with Crippen molar-refractivity contribution in [3.8, 4) is 5.75 Å². The molecule has 1 aromatic rings. The number of phenols is 1. The van der Waals surface area contributed by atoms with E-state index in [1.807, 2.05) is 0 Å². The Balaban J connectivity index is 2.22. The van der Waals surface area contributed by atoms with Gasteiger partial charge in [-0.3, -0.25) is 4.79 Å². The monoisotopic (exact) mass is 273 g/mol. The summed E-state index contributed by atoms with van der Waals surface area (Å²) in [5, 5.41) is 9.21. The van der Waals surface area contributed by atoms with Crippen LogP contribution in [-0.4, -0.2) is 34.9 Å². The molecule has 0 aromatic heterocycles. The lowest BCUT2D eigenvalue weighted by atomic mass is 10.0. The fourth-order valence-corrected chi connectivity index (χ4v) is 2.19. The topological polar surface area (TPSA) is 40.5 Å². The number of phenolic OH excluding ortho intramolecular Hbond substituents is 1. The van der Waals surface area contributed by atoms with Gasteiger partial charge in [0.1, 0.15) is 11.6 Å². The molecule has 1 saturated heterocycles. The molecule has 1 aliphatic heterocycles. The molecule has 1 amide bonds. The van der Waals surface area contributed by atoms with Gasteiger partial charge in [0.25, 0.3) is 11.8 Å². The maximum atomic E-state index is 13.7. The summed E-state index contributed by atoms with van der Waals surface area (Å²) in [7, 11) is 0. The van der Waals surface area contributed by atoms with Gasteiger partial charge in [-0.15, -0.1) is 0 Å². The van der Waals surface area contributed by atoms with Crippen molar-refractivity contribution >= 4 is 5.91 Å². The van der Waals surface area contributed by atoms with Crippen LogP contribution in [0.4, 0.5) is 13.2 Å². The molecule has 1 fully saturated rings. The van der Waals surface area contributed by atoms with Crippen molar-refractivity contribution in [3.63, 3.8) is 0 Å². The molecule has 1 aliphatic rings. The van der Waals surface area contributed by atoms with Gasteiger partial charge in [0.15, 0.2) is 0 Å². The van der Waals surface area contributed by atoms with E-state index in [9.17, 15) is 23.1 Å². The Hall–Kier alpha value is -1.72. The first-order valence-electron chi connectivity index (χ1n) is 5.96. The summed E-state index contributed by atoms with van der Waals surface area (Å²) >= 11 is 0. The van der Waals surface area contributed by atoms with E-state index >= 15 is 0 Å². The maximum Gasteiger partial charge on any atom is 0.257 e. The number of rotatable bonds is 1. The summed E-state index contributed by atoms with van der Waals surface area (Å²) in [6, 6.07) is 2.12. The van der Waals surface area contributed by atoms with Gasteiger partial charge in [0, 0.05) is 32.0 Å². The van der Waals surface area contributed by atoms with Gasteiger partial charge in [0.2, 0.25) is 0 Å². The number of amides is 1. The number of hydrogen-bond donors (Lipinski definition) is 1. The largest absolute Gasteiger partial charge is 0.508 e. The minimum absolute atomic E-state index is 0.0917. The number of aryl methyl sites for hydroxylation is 1. The van der Waals surface area contributed by atoms with Crippen LogP contribution >= 0.6 is 0 Å². The highest BCUT2D eigenvalue weighted by molar-refractivity contribution is 5.96. The van der Waals surface area contributed by atoms with Crippen molar-refractivity contribution < 1.29 is 23.1 Å². The van der Waals surface area contributed by atoms with Gasteiger partial charge in [0.05, 0.1) is 5.56 Å². The molecule has 1 heterocycles. The summed E-state index contributed by atoms with van der Waals surface area (Å²) in [4.78, 5) is 13.3. The first-order valence-corrected chi connectivity index (χ1v) is 5.96. The molecule has 1 N–H and O–H groups in total. The molecular weight excluding hydrogens is 259 g/mol. The molecule has 0 aliphatic carbocycles. The number of alkyl halides is 2. The fourth-order valence-electron chi connectivity index (χ4n) is 2.19. The number of halogens is 3. The lowest BCUT2D eigenvalue weighted by Crippen LogP contribution is -2.43. The number of benzene rings is 1. The Labute approximate surface area is 108 Å². The van der Waals surface area contributed by atoms with E-state index in [4.69, 9.17) is 0 Å². The van der Waals surface area contributed by atoms with Crippen LogP contribution in [0.1, 0.15) is 28.8 Å². The summed E-state index contributed by atoms with van der Waals surface area (Å²) < 4.78 is 39.7. The molecule has 0 bridgehead atoms. The van der Waals surface area contributed by atoms with Gasteiger partial charge < -0.3 is 10.0 Å². The van der Waals surface area contributed by atoms with E-state index in [2.05, 4.69) is 0 Å². The second kappa shape index (κ2) is 4.75. The summed E-state index contributed by atoms with van der Waals surface area (Å²) in [6.07, 6.45) is -0.811. The lowest BCUT2D eigenvalue weighted by molar-refractivity contribution is -0.0494. The van der Waals surface area contributed by atoms with Crippen molar-refractivity contribution in [2.45, 2.75) is 25.7 Å². The van der Waals surface area contributed by atoms with Gasteiger partial charge >= 0.3 is 0 Å². The number of carbonyl (C=O) groups is 1. The zero-order valence-electron chi connectivity index (χ0n) is 10.4. The van der Waals surface area contributed by atoms with Gasteiger partial charge in [-0.1, -0.05) is 0 Å². The van der Waals surface area contributed by atoms with E-state index < -0.39 is 30.5 Å². The zero-order chi connectivity index (χ0) is 14.2. The molecule has 0 spiro atoms. The summed E-state index contributed by atoms with van der Waals surface area (Å²) in [5.41, 5.74) is 0.128. The molecule has 0 radical (unpaired) electrons. The van der Waals surface area contributed by atoms with Gasteiger partial charge in [-0.2, -0.15) is 0 Å². The quantitative estimate of drug-likeness (QED) is 0.854. The van der Waals surface area contributed by atoms with Gasteiger partial charge in [-0.25, -0.2) is 13.2 Å². The smallest absolute Gasteiger partial charge is 0.257 e. The van der Waals surface area contributed by atoms with Crippen LogP contribution < -0.4 is 0 Å². The molecule has 19 heavy (non-hydrogen) atoms. The van der Waals surface area contributed by atoms with Crippen molar-refractivity contribution in [1.29, 1.82) is 0 Å². The highest BCUT2D eigenvalue weighted by Crippen LogP contribution is 2.29. The van der Waals surface area contributed by atoms with Crippen molar-refractivity contribution in [3.05, 3.63) is 29.1 Å². The predicted molar refractivity (Wildman–Crippen MR) is 62.9 cm³/mol. The molecule has 1 aromatic carbocycles.